The summed E-state index contributed by atoms with van der Waals surface area (Å²) in [5.74, 6) is 0. The van der Waals surface area contributed by atoms with E-state index >= 15 is 0 Å². The Morgan fingerprint density at radius 1 is 1.31 bits per heavy atom. The number of allylic oxidation sites excluding steroid dienone is 3. The Labute approximate surface area is 81.1 Å². The van der Waals surface area contributed by atoms with Crippen LogP contribution in [0.5, 0.6) is 0 Å². The third-order valence-electron chi connectivity index (χ3n) is 3.34. The lowest BCUT2D eigenvalue weighted by molar-refractivity contribution is 0.339. The van der Waals surface area contributed by atoms with E-state index in [-0.39, 0.29) is 0 Å². The molecule has 1 unspecified atom stereocenters. The summed E-state index contributed by atoms with van der Waals surface area (Å²) in [6.07, 6.45) is 9.96. The minimum absolute atomic E-state index is 0.754. The molecule has 0 saturated carbocycles. The van der Waals surface area contributed by atoms with E-state index < -0.39 is 0 Å². The van der Waals surface area contributed by atoms with Gasteiger partial charge >= 0.3 is 0 Å². The summed E-state index contributed by atoms with van der Waals surface area (Å²) in [7, 11) is 2.25. The Kier molecular flexibility index (Phi) is 2.54. The van der Waals surface area contributed by atoms with Crippen LogP contribution in [0.3, 0.4) is 0 Å². The van der Waals surface area contributed by atoms with E-state index in [1.165, 1.54) is 37.8 Å². The van der Waals surface area contributed by atoms with Crippen LogP contribution in [0.2, 0.25) is 0 Å². The largest absolute Gasteiger partial charge is 0.300 e. The smallest absolute Gasteiger partial charge is 0.0308 e. The molecule has 0 aromatic heterocycles. The minimum Gasteiger partial charge on any atom is -0.300 e. The van der Waals surface area contributed by atoms with E-state index in [0.29, 0.717) is 0 Å². The number of nitrogens with zero attached hydrogens (tertiary/aromatic N) is 1. The van der Waals surface area contributed by atoms with Crippen LogP contribution >= 0.6 is 0 Å². The Morgan fingerprint density at radius 2 is 2.15 bits per heavy atom. The summed E-state index contributed by atoms with van der Waals surface area (Å²) in [6.45, 7) is 3.51. The van der Waals surface area contributed by atoms with Gasteiger partial charge in [-0.3, -0.25) is 4.90 Å². The van der Waals surface area contributed by atoms with E-state index in [1.807, 2.05) is 0 Å². The van der Waals surface area contributed by atoms with Crippen LogP contribution in [0.25, 0.3) is 0 Å². The molecule has 2 rings (SSSR count). The van der Waals surface area contributed by atoms with Crippen molar-refractivity contribution in [3.63, 3.8) is 0 Å². The van der Waals surface area contributed by atoms with Gasteiger partial charge in [0.2, 0.25) is 0 Å². The standard InChI is InChI=1S/C12H19N/c1-10-5-7-11(8-6-10)12-4-3-9-13(12)2/h5,7,12H,3-4,6,8-9H2,1-2H3. The first-order chi connectivity index (χ1) is 6.27. The van der Waals surface area contributed by atoms with Gasteiger partial charge in [-0.15, -0.1) is 0 Å². The van der Waals surface area contributed by atoms with Crippen molar-refractivity contribution in [2.24, 2.45) is 0 Å². The molecule has 0 radical (unpaired) electrons. The lowest BCUT2D eigenvalue weighted by Gasteiger charge is -2.24. The molecular weight excluding hydrogens is 158 g/mol. The van der Waals surface area contributed by atoms with E-state index in [4.69, 9.17) is 0 Å². The Balaban J connectivity index is 2.08. The first kappa shape index (κ1) is 9.01. The summed E-state index contributed by atoms with van der Waals surface area (Å²) in [6, 6.07) is 0.754. The molecule has 1 heteroatoms. The van der Waals surface area contributed by atoms with Gasteiger partial charge in [-0.2, -0.15) is 0 Å². The summed E-state index contributed by atoms with van der Waals surface area (Å²) in [5.41, 5.74) is 3.19. The third-order valence-corrected chi connectivity index (χ3v) is 3.34. The molecule has 0 spiro atoms. The van der Waals surface area contributed by atoms with Crippen LogP contribution in [0.4, 0.5) is 0 Å². The maximum Gasteiger partial charge on any atom is 0.0308 e. The Morgan fingerprint density at radius 3 is 2.69 bits per heavy atom. The molecule has 1 heterocycles. The average Bonchev–Trinajstić information content (AvgIpc) is 2.53. The summed E-state index contributed by atoms with van der Waals surface area (Å²) >= 11 is 0. The highest BCUT2D eigenvalue weighted by atomic mass is 15.1. The van der Waals surface area contributed by atoms with Gasteiger partial charge in [-0.25, -0.2) is 0 Å². The maximum absolute atomic E-state index is 2.50. The molecule has 72 valence electrons. The molecular formula is C12H19N. The molecule has 0 aromatic carbocycles. The fourth-order valence-corrected chi connectivity index (χ4v) is 2.41. The van der Waals surface area contributed by atoms with Crippen molar-refractivity contribution in [1.29, 1.82) is 0 Å². The van der Waals surface area contributed by atoms with Crippen LogP contribution in [-0.2, 0) is 0 Å². The maximum atomic E-state index is 2.50. The molecule has 1 fully saturated rings. The van der Waals surface area contributed by atoms with Crippen molar-refractivity contribution in [3.05, 3.63) is 23.3 Å². The summed E-state index contributed by atoms with van der Waals surface area (Å²) in [5, 5.41) is 0. The van der Waals surface area contributed by atoms with Gasteiger partial charge in [0.1, 0.15) is 0 Å². The van der Waals surface area contributed by atoms with Crippen molar-refractivity contribution in [2.75, 3.05) is 13.6 Å². The monoisotopic (exact) mass is 177 g/mol. The lowest BCUT2D eigenvalue weighted by atomic mass is 9.93. The molecule has 2 aliphatic rings. The number of hydrogen-bond acceptors (Lipinski definition) is 1. The van der Waals surface area contributed by atoms with Gasteiger partial charge in [-0.1, -0.05) is 23.3 Å². The predicted molar refractivity (Wildman–Crippen MR) is 56.7 cm³/mol. The molecule has 1 nitrogen and oxygen atoms in total. The average molecular weight is 177 g/mol. The second-order valence-corrected chi connectivity index (χ2v) is 4.39. The van der Waals surface area contributed by atoms with Gasteiger partial charge in [0, 0.05) is 6.04 Å². The van der Waals surface area contributed by atoms with Crippen molar-refractivity contribution in [3.8, 4) is 0 Å². The van der Waals surface area contributed by atoms with Crippen molar-refractivity contribution < 1.29 is 0 Å². The molecule has 1 aliphatic carbocycles. The van der Waals surface area contributed by atoms with E-state index in [1.54, 1.807) is 5.57 Å². The predicted octanol–water partition coefficient (Wildman–Crippen LogP) is 2.75. The zero-order valence-corrected chi connectivity index (χ0v) is 8.71. The highest BCUT2D eigenvalue weighted by Gasteiger charge is 2.24. The molecule has 1 saturated heterocycles. The molecule has 0 aromatic rings. The Hall–Kier alpha value is -0.560. The van der Waals surface area contributed by atoms with Crippen LogP contribution in [0, 0.1) is 0 Å². The number of hydrogen-bond donors (Lipinski definition) is 0. The van der Waals surface area contributed by atoms with Crippen molar-refractivity contribution in [1.82, 2.24) is 4.90 Å². The van der Waals surface area contributed by atoms with Crippen molar-refractivity contribution >= 4 is 0 Å². The minimum atomic E-state index is 0.754. The molecule has 0 N–H and O–H groups in total. The second-order valence-electron chi connectivity index (χ2n) is 4.39. The number of likely N-dealkylation sites (tertiary alicyclic amines) is 1. The highest BCUT2D eigenvalue weighted by Crippen LogP contribution is 2.28. The fourth-order valence-electron chi connectivity index (χ4n) is 2.41. The SMILES string of the molecule is CC1=CC=C(C2CCCN2C)CC1. The van der Waals surface area contributed by atoms with Gasteiger partial charge in [-0.05, 0) is 46.2 Å². The van der Waals surface area contributed by atoms with E-state index in [9.17, 15) is 0 Å². The zero-order chi connectivity index (χ0) is 9.26. The topological polar surface area (TPSA) is 3.24 Å². The first-order valence-corrected chi connectivity index (χ1v) is 5.34. The van der Waals surface area contributed by atoms with Gasteiger partial charge in [0.05, 0.1) is 0 Å². The summed E-state index contributed by atoms with van der Waals surface area (Å²) < 4.78 is 0. The zero-order valence-electron chi connectivity index (χ0n) is 8.71. The Bertz CT molecular complexity index is 250. The molecule has 1 atom stereocenters. The fraction of sp³-hybridized carbons (Fsp3) is 0.667. The second kappa shape index (κ2) is 3.67. The van der Waals surface area contributed by atoms with E-state index in [0.717, 1.165) is 6.04 Å². The number of rotatable bonds is 1. The molecule has 0 bridgehead atoms. The van der Waals surface area contributed by atoms with Crippen LogP contribution < -0.4 is 0 Å². The van der Waals surface area contributed by atoms with Crippen molar-refractivity contribution in [2.45, 2.75) is 38.6 Å². The molecule has 1 aliphatic heterocycles. The van der Waals surface area contributed by atoms with Crippen LogP contribution in [0.15, 0.2) is 23.3 Å². The van der Waals surface area contributed by atoms with Crippen LogP contribution in [0.1, 0.15) is 32.6 Å². The summed E-state index contributed by atoms with van der Waals surface area (Å²) in [4.78, 5) is 2.50. The first-order valence-electron chi connectivity index (χ1n) is 5.34. The molecule has 13 heavy (non-hydrogen) atoms. The molecule has 0 amide bonds. The number of likely N-dealkylation sites (N-methyl/N-ethyl adjacent to an activating group) is 1. The van der Waals surface area contributed by atoms with Gasteiger partial charge in [0.25, 0.3) is 0 Å². The van der Waals surface area contributed by atoms with Gasteiger partial charge in [0.15, 0.2) is 0 Å². The lowest BCUT2D eigenvalue weighted by Crippen LogP contribution is -2.27. The van der Waals surface area contributed by atoms with Crippen LogP contribution in [-0.4, -0.2) is 24.5 Å². The van der Waals surface area contributed by atoms with E-state index in [2.05, 4.69) is 31.0 Å². The quantitative estimate of drug-likeness (QED) is 0.595. The third kappa shape index (κ3) is 1.86. The normalized spacial score (nSPS) is 30.2. The van der Waals surface area contributed by atoms with Gasteiger partial charge < -0.3 is 0 Å². The highest BCUT2D eigenvalue weighted by molar-refractivity contribution is 5.26.